The van der Waals surface area contributed by atoms with E-state index in [1.165, 1.54) is 35.0 Å². The van der Waals surface area contributed by atoms with Crippen LogP contribution in [0.1, 0.15) is 11.4 Å². The summed E-state index contributed by atoms with van der Waals surface area (Å²) in [6.45, 7) is -1.22. The number of ether oxygens (including phenoxy) is 1. The number of halogens is 5. The minimum Gasteiger partial charge on any atom is -0.377 e. The Morgan fingerprint density at radius 3 is 2.44 bits per heavy atom. The molecule has 224 valence electrons. The quantitative estimate of drug-likeness (QED) is 0.360. The second-order valence-electron chi connectivity index (χ2n) is 9.70. The lowest BCUT2D eigenvalue weighted by molar-refractivity contribution is -0.0725. The van der Waals surface area contributed by atoms with Gasteiger partial charge in [-0.15, -0.1) is 10.2 Å². The van der Waals surface area contributed by atoms with Crippen molar-refractivity contribution in [1.82, 2.24) is 34.5 Å². The van der Waals surface area contributed by atoms with E-state index in [1.54, 1.807) is 4.90 Å². The van der Waals surface area contributed by atoms with Crippen molar-refractivity contribution in [3.05, 3.63) is 23.3 Å². The Hall–Kier alpha value is -3.16. The molecule has 2 amide bonds. The van der Waals surface area contributed by atoms with Crippen LogP contribution in [0.15, 0.2) is 23.2 Å². The molecule has 0 bridgehead atoms. The molecule has 12 nitrogen and oxygen atoms in total. The van der Waals surface area contributed by atoms with Crippen LogP contribution in [-0.2, 0) is 14.8 Å². The summed E-state index contributed by atoms with van der Waals surface area (Å²) >= 11 is 0.586. The minimum absolute atomic E-state index is 0.0196. The van der Waals surface area contributed by atoms with Crippen molar-refractivity contribution in [1.29, 1.82) is 0 Å². The number of hydrogen-bond acceptors (Lipinski definition) is 9. The molecule has 0 unspecified atom stereocenters. The summed E-state index contributed by atoms with van der Waals surface area (Å²) < 4.78 is 101. The van der Waals surface area contributed by atoms with Crippen molar-refractivity contribution >= 4 is 44.0 Å². The number of amides is 2. The number of hydrogen-bond donors (Lipinski definition) is 1. The number of carbonyl (C=O) groups excluding carboxylic acids is 1. The molecule has 1 N–H and O–H groups in total. The Bertz CT molecular complexity index is 1520. The van der Waals surface area contributed by atoms with Gasteiger partial charge in [0.1, 0.15) is 12.2 Å². The Morgan fingerprint density at radius 1 is 1.17 bits per heavy atom. The monoisotopic (exact) mass is 624 g/mol. The maximum Gasteiger partial charge on any atom is 0.320 e. The SMILES string of the molecule is CN(CC(F)F)C(=O)N1CCN(c2cc(S(=O)(=O)NC3(CF)COC3)cc3c2cnn3-c2nnc(C(F)F)s2)CC1. The predicted octanol–water partition coefficient (Wildman–Crippen LogP) is 2.27. The fourth-order valence-corrected chi connectivity index (χ4v) is 6.64. The summed E-state index contributed by atoms with van der Waals surface area (Å²) in [6, 6.07) is 2.10. The van der Waals surface area contributed by atoms with Gasteiger partial charge < -0.3 is 19.4 Å². The van der Waals surface area contributed by atoms with Gasteiger partial charge in [-0.25, -0.2) is 39.8 Å². The Labute approximate surface area is 234 Å². The number of sulfonamides is 1. The van der Waals surface area contributed by atoms with E-state index in [1.807, 2.05) is 0 Å². The van der Waals surface area contributed by atoms with Gasteiger partial charge in [0.2, 0.25) is 15.2 Å². The predicted molar refractivity (Wildman–Crippen MR) is 137 cm³/mol. The highest BCUT2D eigenvalue weighted by molar-refractivity contribution is 7.89. The number of nitrogens with one attached hydrogen (secondary N) is 1. The summed E-state index contributed by atoms with van der Waals surface area (Å²) in [4.78, 5) is 16.5. The fraction of sp³-hybridized carbons (Fsp3) is 0.545. The molecule has 2 fully saturated rings. The zero-order valence-electron chi connectivity index (χ0n) is 21.5. The maximum atomic E-state index is 13.7. The molecule has 1 aromatic carbocycles. The van der Waals surface area contributed by atoms with Crippen LogP contribution in [0.4, 0.5) is 32.4 Å². The van der Waals surface area contributed by atoms with Crippen LogP contribution in [-0.4, -0.2) is 116 Å². The smallest absolute Gasteiger partial charge is 0.320 e. The molecule has 0 spiro atoms. The number of nitrogens with zero attached hydrogens (tertiary/aromatic N) is 7. The molecule has 5 rings (SSSR count). The molecule has 0 atom stereocenters. The number of fused-ring (bicyclic) bond motifs is 1. The van der Waals surface area contributed by atoms with E-state index < -0.39 is 52.7 Å². The fourth-order valence-electron chi connectivity index (χ4n) is 4.57. The van der Waals surface area contributed by atoms with Crippen LogP contribution in [0, 0.1) is 0 Å². The average molecular weight is 625 g/mol. The molecule has 4 heterocycles. The highest BCUT2D eigenvalue weighted by Gasteiger charge is 2.43. The highest BCUT2D eigenvalue weighted by atomic mass is 32.2. The van der Waals surface area contributed by atoms with Gasteiger partial charge in [-0.3, -0.25) is 0 Å². The molecule has 0 radical (unpaired) electrons. The minimum atomic E-state index is -4.31. The number of carbonyl (C=O) groups is 1. The van der Waals surface area contributed by atoms with Gasteiger partial charge in [0.15, 0.2) is 5.01 Å². The second-order valence-corrected chi connectivity index (χ2v) is 12.4. The van der Waals surface area contributed by atoms with Crippen LogP contribution in [0.5, 0.6) is 0 Å². The zero-order valence-corrected chi connectivity index (χ0v) is 23.1. The van der Waals surface area contributed by atoms with Gasteiger partial charge in [0, 0.05) is 44.3 Å². The number of alkyl halides is 5. The van der Waals surface area contributed by atoms with Gasteiger partial charge in [0.25, 0.3) is 12.9 Å². The van der Waals surface area contributed by atoms with Gasteiger partial charge in [-0.05, 0) is 12.1 Å². The van der Waals surface area contributed by atoms with Crippen molar-refractivity contribution in [2.45, 2.75) is 23.3 Å². The third-order valence-electron chi connectivity index (χ3n) is 6.74. The lowest BCUT2D eigenvalue weighted by Crippen LogP contribution is -2.63. The molecule has 2 saturated heterocycles. The highest BCUT2D eigenvalue weighted by Crippen LogP contribution is 2.35. The van der Waals surface area contributed by atoms with Crippen LogP contribution >= 0.6 is 11.3 Å². The maximum absolute atomic E-state index is 13.7. The largest absolute Gasteiger partial charge is 0.377 e. The molecule has 19 heteroatoms. The van der Waals surface area contributed by atoms with Gasteiger partial charge >= 0.3 is 6.03 Å². The van der Waals surface area contributed by atoms with E-state index in [-0.39, 0.29) is 54.9 Å². The molecule has 2 aromatic heterocycles. The first-order valence-electron chi connectivity index (χ1n) is 12.3. The number of urea groups is 1. The molecule has 0 saturated carbocycles. The van der Waals surface area contributed by atoms with Crippen molar-refractivity contribution < 1.29 is 39.9 Å². The molecule has 0 aliphatic carbocycles. The van der Waals surface area contributed by atoms with E-state index in [0.29, 0.717) is 22.4 Å². The van der Waals surface area contributed by atoms with Gasteiger partial charge in [-0.2, -0.15) is 9.82 Å². The molecular formula is C22H25F5N8O4S2. The van der Waals surface area contributed by atoms with E-state index in [0.717, 1.165) is 4.90 Å². The number of anilines is 1. The Kier molecular flexibility index (Phi) is 8.05. The summed E-state index contributed by atoms with van der Waals surface area (Å²) in [5.41, 5.74) is -0.787. The summed E-state index contributed by atoms with van der Waals surface area (Å²) in [5.74, 6) is 0. The Morgan fingerprint density at radius 2 is 1.88 bits per heavy atom. The normalized spacial score (nSPS) is 17.5. The lowest BCUT2D eigenvalue weighted by atomic mass is 10.0. The number of benzene rings is 1. The van der Waals surface area contributed by atoms with Crippen LogP contribution in [0.3, 0.4) is 0 Å². The number of rotatable bonds is 9. The molecule has 2 aliphatic heterocycles. The van der Waals surface area contributed by atoms with Gasteiger partial charge in [-0.1, -0.05) is 11.3 Å². The molecular weight excluding hydrogens is 599 g/mol. The van der Waals surface area contributed by atoms with Gasteiger partial charge in [0.05, 0.1) is 36.4 Å². The van der Waals surface area contributed by atoms with Crippen molar-refractivity contribution in [2.75, 3.05) is 64.6 Å². The van der Waals surface area contributed by atoms with Crippen molar-refractivity contribution in [2.24, 2.45) is 0 Å². The van der Waals surface area contributed by atoms with Crippen LogP contribution in [0.25, 0.3) is 16.0 Å². The first-order valence-corrected chi connectivity index (χ1v) is 14.6. The summed E-state index contributed by atoms with van der Waals surface area (Å²) in [7, 11) is -3.03. The van der Waals surface area contributed by atoms with Crippen molar-refractivity contribution in [3.63, 3.8) is 0 Å². The average Bonchev–Trinajstić information content (AvgIpc) is 3.57. The zero-order chi connectivity index (χ0) is 29.5. The second kappa shape index (κ2) is 11.3. The van der Waals surface area contributed by atoms with E-state index in [9.17, 15) is 35.2 Å². The van der Waals surface area contributed by atoms with E-state index >= 15 is 0 Å². The third kappa shape index (κ3) is 5.80. The molecule has 41 heavy (non-hydrogen) atoms. The topological polar surface area (TPSA) is 126 Å². The van der Waals surface area contributed by atoms with Crippen LogP contribution < -0.4 is 9.62 Å². The third-order valence-corrected chi connectivity index (χ3v) is 9.21. The number of aromatic nitrogens is 4. The summed E-state index contributed by atoms with van der Waals surface area (Å²) in [5, 5.41) is 11.4. The first kappa shape index (κ1) is 29.3. The van der Waals surface area contributed by atoms with Crippen molar-refractivity contribution in [3.8, 4) is 5.13 Å². The van der Waals surface area contributed by atoms with E-state index in [4.69, 9.17) is 4.74 Å². The number of piperazine rings is 1. The lowest BCUT2D eigenvalue weighted by Gasteiger charge is -2.39. The molecule has 3 aromatic rings. The van der Waals surface area contributed by atoms with Crippen LogP contribution in [0.2, 0.25) is 0 Å². The first-order chi connectivity index (χ1) is 19.4. The summed E-state index contributed by atoms with van der Waals surface area (Å²) in [6.07, 6.45) is -4.12. The molecule has 2 aliphatic rings. The Balaban J connectivity index is 1.50. The standard InChI is InChI=1S/C22H25F5N8O4S2/c1-32(9-17(24)25)21(36)34-4-2-33(3-5-34)15-6-13(41(37,38)31-22(10-23)11-39-12-22)7-16-14(15)8-28-35(16)20-30-29-19(40-20)18(26)27/h6-8,17-18,31H,2-5,9-12H2,1H3. The van der Waals surface area contributed by atoms with E-state index in [2.05, 4.69) is 20.0 Å².